The molecule has 0 unspecified atom stereocenters. The fourth-order valence-electron chi connectivity index (χ4n) is 2.24. The first-order valence-corrected chi connectivity index (χ1v) is 8.01. The van der Waals surface area contributed by atoms with Crippen LogP contribution < -0.4 is 11.1 Å². The van der Waals surface area contributed by atoms with Crippen molar-refractivity contribution in [3.05, 3.63) is 69.2 Å². The second-order valence-electron chi connectivity index (χ2n) is 5.23. The molecule has 0 saturated heterocycles. The number of nitrogen functional groups attached to an aromatic ring is 1. The van der Waals surface area contributed by atoms with Gasteiger partial charge >= 0.3 is 0 Å². The van der Waals surface area contributed by atoms with Crippen molar-refractivity contribution in [3.8, 4) is 0 Å². The lowest BCUT2D eigenvalue weighted by atomic mass is 10.1. The van der Waals surface area contributed by atoms with Crippen molar-refractivity contribution in [2.24, 2.45) is 5.73 Å². The predicted molar refractivity (Wildman–Crippen MR) is 93.1 cm³/mol. The smallest absolute Gasteiger partial charge is 0.254 e. The number of amidine groups is 1. The second-order valence-corrected chi connectivity index (χ2v) is 6.14. The molecule has 2 aromatic carbocycles. The highest BCUT2D eigenvalue weighted by atomic mass is 79.9. The molecule has 0 fully saturated rings. The summed E-state index contributed by atoms with van der Waals surface area (Å²) in [7, 11) is 1.20. The molecule has 5 nitrogen and oxygen atoms in total. The molecule has 4 N–H and O–H groups in total. The standard InChI is InChI=1S/C17H16BrF2N3O2/c1-25-15(14-12(19)6-11(18)7-13(14)20)17(24)23-8-9-2-4-10(5-3-9)16(21)22/h2-7,15H,8H2,1H3,(H3,21,22)(H,23,24)/t15-/m0/s1. The summed E-state index contributed by atoms with van der Waals surface area (Å²) < 4.78 is 33.3. The summed E-state index contributed by atoms with van der Waals surface area (Å²) >= 11 is 2.99. The Bertz CT molecular complexity index is 774. The van der Waals surface area contributed by atoms with Crippen LogP contribution in [0.25, 0.3) is 0 Å². The van der Waals surface area contributed by atoms with Crippen LogP contribution in [0.1, 0.15) is 22.8 Å². The predicted octanol–water partition coefficient (Wildman–Crippen LogP) is 3.02. The number of ether oxygens (including phenoxy) is 1. The normalized spacial score (nSPS) is 11.8. The van der Waals surface area contributed by atoms with Gasteiger partial charge in [-0.1, -0.05) is 40.2 Å². The van der Waals surface area contributed by atoms with Crippen molar-refractivity contribution >= 4 is 27.7 Å². The van der Waals surface area contributed by atoms with Gasteiger partial charge in [0.25, 0.3) is 5.91 Å². The number of nitrogens with two attached hydrogens (primary N) is 1. The molecule has 0 aromatic heterocycles. The summed E-state index contributed by atoms with van der Waals surface area (Å²) in [6.45, 7) is 0.136. The van der Waals surface area contributed by atoms with Crippen molar-refractivity contribution < 1.29 is 18.3 Å². The highest BCUT2D eigenvalue weighted by Gasteiger charge is 2.27. The van der Waals surface area contributed by atoms with Gasteiger partial charge < -0.3 is 15.8 Å². The molecule has 0 spiro atoms. The number of hydrogen-bond acceptors (Lipinski definition) is 3. The summed E-state index contributed by atoms with van der Waals surface area (Å²) in [5.41, 5.74) is 6.22. The van der Waals surface area contributed by atoms with Gasteiger partial charge in [-0.25, -0.2) is 8.78 Å². The lowest BCUT2D eigenvalue weighted by Gasteiger charge is -2.17. The summed E-state index contributed by atoms with van der Waals surface area (Å²) in [4.78, 5) is 12.3. The highest BCUT2D eigenvalue weighted by Crippen LogP contribution is 2.27. The molecule has 132 valence electrons. The molecule has 8 heteroatoms. The van der Waals surface area contributed by atoms with Gasteiger partial charge in [-0.05, 0) is 17.7 Å². The first-order valence-electron chi connectivity index (χ1n) is 7.21. The average Bonchev–Trinajstić information content (AvgIpc) is 2.56. The van der Waals surface area contributed by atoms with Crippen molar-refractivity contribution in [1.29, 1.82) is 5.41 Å². The number of amides is 1. The third-order valence-electron chi connectivity index (χ3n) is 3.51. The summed E-state index contributed by atoms with van der Waals surface area (Å²) in [5.74, 6) is -2.48. The molecule has 0 radical (unpaired) electrons. The van der Waals surface area contributed by atoms with E-state index in [1.165, 1.54) is 7.11 Å². The van der Waals surface area contributed by atoms with E-state index in [1.807, 2.05) is 0 Å². The first kappa shape index (κ1) is 19.0. The van der Waals surface area contributed by atoms with Crippen LogP contribution in [0.5, 0.6) is 0 Å². The Morgan fingerprint density at radius 3 is 2.32 bits per heavy atom. The minimum atomic E-state index is -1.41. The van der Waals surface area contributed by atoms with Crippen LogP contribution in [0.15, 0.2) is 40.9 Å². The number of benzene rings is 2. The van der Waals surface area contributed by atoms with Crippen LogP contribution in [0, 0.1) is 17.0 Å². The van der Waals surface area contributed by atoms with Crippen LogP contribution in [0.3, 0.4) is 0 Å². The first-order chi connectivity index (χ1) is 11.8. The molecule has 0 aliphatic rings. The average molecular weight is 412 g/mol. The van der Waals surface area contributed by atoms with E-state index < -0.39 is 29.2 Å². The van der Waals surface area contributed by atoms with Gasteiger partial charge in [0.1, 0.15) is 17.5 Å². The fourth-order valence-corrected chi connectivity index (χ4v) is 2.65. The maximum absolute atomic E-state index is 14.0. The maximum Gasteiger partial charge on any atom is 0.254 e. The van der Waals surface area contributed by atoms with E-state index >= 15 is 0 Å². The Morgan fingerprint density at radius 2 is 1.84 bits per heavy atom. The highest BCUT2D eigenvalue weighted by molar-refractivity contribution is 9.10. The molecular formula is C17H16BrF2N3O2. The third-order valence-corrected chi connectivity index (χ3v) is 3.97. The number of nitrogens with one attached hydrogen (secondary N) is 2. The fraction of sp³-hybridized carbons (Fsp3) is 0.176. The summed E-state index contributed by atoms with van der Waals surface area (Å²) in [5, 5.41) is 9.90. The van der Waals surface area contributed by atoms with Crippen LogP contribution in [-0.4, -0.2) is 18.9 Å². The maximum atomic E-state index is 14.0. The van der Waals surface area contributed by atoms with E-state index in [2.05, 4.69) is 21.2 Å². The van der Waals surface area contributed by atoms with Gasteiger partial charge in [0.2, 0.25) is 0 Å². The number of carbonyl (C=O) groups excluding carboxylic acids is 1. The van der Waals surface area contributed by atoms with Gasteiger partial charge in [0.05, 0.1) is 5.56 Å². The van der Waals surface area contributed by atoms with Crippen LogP contribution >= 0.6 is 15.9 Å². The largest absolute Gasteiger partial charge is 0.384 e. The second kappa shape index (κ2) is 8.17. The molecule has 1 amide bonds. The Kier molecular flexibility index (Phi) is 6.22. The Balaban J connectivity index is 2.11. The number of rotatable bonds is 6. The van der Waals surface area contributed by atoms with Gasteiger partial charge in [0.15, 0.2) is 6.10 Å². The molecule has 1 atom stereocenters. The third kappa shape index (κ3) is 4.61. The van der Waals surface area contributed by atoms with E-state index in [9.17, 15) is 13.6 Å². The van der Waals surface area contributed by atoms with Crippen LogP contribution in [-0.2, 0) is 16.1 Å². The van der Waals surface area contributed by atoms with Gasteiger partial charge in [-0.3, -0.25) is 10.2 Å². The number of halogens is 3. The van der Waals surface area contributed by atoms with E-state index in [0.29, 0.717) is 5.56 Å². The van der Waals surface area contributed by atoms with E-state index in [-0.39, 0.29) is 16.9 Å². The van der Waals surface area contributed by atoms with E-state index in [1.54, 1.807) is 24.3 Å². The molecule has 2 aromatic rings. The van der Waals surface area contributed by atoms with Crippen LogP contribution in [0.2, 0.25) is 0 Å². The van der Waals surface area contributed by atoms with E-state index in [4.69, 9.17) is 15.9 Å². The summed E-state index contributed by atoms with van der Waals surface area (Å²) in [6.07, 6.45) is -1.41. The number of methoxy groups -OCH3 is 1. The quantitative estimate of drug-likeness (QED) is 0.504. The molecule has 25 heavy (non-hydrogen) atoms. The van der Waals surface area contributed by atoms with Crippen molar-refractivity contribution in [1.82, 2.24) is 5.32 Å². The van der Waals surface area contributed by atoms with Gasteiger partial charge in [-0.2, -0.15) is 0 Å². The summed E-state index contributed by atoms with van der Waals surface area (Å²) in [6, 6.07) is 8.81. The monoisotopic (exact) mass is 411 g/mol. The zero-order valence-electron chi connectivity index (χ0n) is 13.3. The molecule has 0 aliphatic carbocycles. The lowest BCUT2D eigenvalue weighted by Crippen LogP contribution is -2.31. The van der Waals surface area contributed by atoms with Crippen LogP contribution in [0.4, 0.5) is 8.78 Å². The Hall–Kier alpha value is -2.32. The molecule has 0 aliphatic heterocycles. The Labute approximate surface area is 151 Å². The molecule has 0 bridgehead atoms. The van der Waals surface area contributed by atoms with Gasteiger partial charge in [0, 0.05) is 23.7 Å². The van der Waals surface area contributed by atoms with E-state index in [0.717, 1.165) is 17.7 Å². The van der Waals surface area contributed by atoms with Crippen molar-refractivity contribution in [2.45, 2.75) is 12.6 Å². The molecule has 0 heterocycles. The number of carbonyl (C=O) groups is 1. The lowest BCUT2D eigenvalue weighted by molar-refractivity contribution is -0.131. The molecule has 0 saturated carbocycles. The minimum Gasteiger partial charge on any atom is -0.384 e. The molecular weight excluding hydrogens is 396 g/mol. The van der Waals surface area contributed by atoms with Crippen molar-refractivity contribution in [2.75, 3.05) is 7.11 Å². The molecule has 2 rings (SSSR count). The minimum absolute atomic E-state index is 0.0591. The number of hydrogen-bond donors (Lipinski definition) is 3. The van der Waals surface area contributed by atoms with Gasteiger partial charge in [-0.15, -0.1) is 0 Å². The Morgan fingerprint density at radius 1 is 1.28 bits per heavy atom. The topological polar surface area (TPSA) is 88.2 Å². The SMILES string of the molecule is CO[C@H](C(=O)NCc1ccc(C(=N)N)cc1)c1c(F)cc(Br)cc1F. The zero-order chi connectivity index (χ0) is 18.6. The van der Waals surface area contributed by atoms with Crippen molar-refractivity contribution in [3.63, 3.8) is 0 Å². The zero-order valence-corrected chi connectivity index (χ0v) is 14.9.